The Labute approximate surface area is 98.5 Å². The smallest absolute Gasteiger partial charge is 0.335 e. The highest BCUT2D eigenvalue weighted by atomic mass is 19.4. The molecule has 1 rings (SSSR count). The van der Waals surface area contributed by atoms with Crippen LogP contribution in [-0.4, -0.2) is 24.8 Å². The monoisotopic (exact) mass is 250 g/mol. The second-order valence-corrected chi connectivity index (χ2v) is 4.25. The minimum Gasteiger partial charge on any atom is -0.335 e. The van der Waals surface area contributed by atoms with Crippen molar-refractivity contribution in [2.75, 3.05) is 6.54 Å². The molecule has 0 aliphatic heterocycles. The minimum atomic E-state index is -4.15. The molecule has 1 aliphatic carbocycles. The fraction of sp³-hybridized carbons (Fsp3) is 0.727. The molecule has 0 spiro atoms. The average Bonchev–Trinajstić information content (AvgIpc) is 2.25. The number of rotatable bonds is 3. The van der Waals surface area contributed by atoms with Crippen molar-refractivity contribution in [2.45, 2.75) is 37.9 Å². The van der Waals surface area contributed by atoms with E-state index in [1.807, 2.05) is 0 Å². The number of hydrogen-bond acceptors (Lipinski definition) is 1. The molecule has 0 saturated heterocycles. The van der Waals surface area contributed by atoms with E-state index in [2.05, 4.69) is 17.2 Å². The fourth-order valence-electron chi connectivity index (χ4n) is 2.02. The van der Waals surface area contributed by atoms with Crippen LogP contribution in [0.5, 0.6) is 0 Å². The van der Waals surface area contributed by atoms with Crippen molar-refractivity contribution in [2.24, 2.45) is 5.92 Å². The number of carbonyl (C=O) groups excluding carboxylic acids is 1. The molecule has 0 aromatic rings. The lowest BCUT2D eigenvalue weighted by Crippen LogP contribution is -2.45. The lowest BCUT2D eigenvalue weighted by atomic mass is 9.85. The van der Waals surface area contributed by atoms with Gasteiger partial charge in [-0.1, -0.05) is 12.5 Å². The normalized spacial score (nSPS) is 25.1. The van der Waals surface area contributed by atoms with Gasteiger partial charge in [0.05, 0.1) is 5.92 Å². The van der Waals surface area contributed by atoms with E-state index in [0.717, 1.165) is 0 Å². The molecule has 0 bridgehead atoms. The Bertz CT molecular complexity index is 278. The fourth-order valence-corrected chi connectivity index (χ4v) is 2.02. The Morgan fingerprint density at radius 1 is 1.41 bits per heavy atom. The highest BCUT2D eigenvalue weighted by molar-refractivity contribution is 5.74. The van der Waals surface area contributed by atoms with Crippen LogP contribution in [0.25, 0.3) is 0 Å². The number of nitrogens with one attached hydrogen (secondary N) is 2. The summed E-state index contributed by atoms with van der Waals surface area (Å²) in [4.78, 5) is 11.3. The average molecular weight is 250 g/mol. The Balaban J connectivity index is 2.39. The maximum Gasteiger partial charge on any atom is 0.391 e. The van der Waals surface area contributed by atoms with E-state index < -0.39 is 18.1 Å². The van der Waals surface area contributed by atoms with Crippen LogP contribution < -0.4 is 10.6 Å². The molecule has 6 heteroatoms. The van der Waals surface area contributed by atoms with Crippen LogP contribution in [0.3, 0.4) is 0 Å². The van der Waals surface area contributed by atoms with Crippen molar-refractivity contribution in [3.05, 3.63) is 12.7 Å². The van der Waals surface area contributed by atoms with Crippen molar-refractivity contribution in [1.82, 2.24) is 10.6 Å². The zero-order chi connectivity index (χ0) is 12.9. The summed E-state index contributed by atoms with van der Waals surface area (Å²) >= 11 is 0. The zero-order valence-corrected chi connectivity index (χ0v) is 9.52. The van der Waals surface area contributed by atoms with Crippen LogP contribution in [0.2, 0.25) is 0 Å². The van der Waals surface area contributed by atoms with Crippen LogP contribution in [0.15, 0.2) is 12.7 Å². The molecular formula is C11H17F3N2O. The molecule has 0 radical (unpaired) electrons. The van der Waals surface area contributed by atoms with Gasteiger partial charge < -0.3 is 10.6 Å². The molecule has 17 heavy (non-hydrogen) atoms. The van der Waals surface area contributed by atoms with Gasteiger partial charge in [0.2, 0.25) is 0 Å². The Morgan fingerprint density at radius 3 is 2.71 bits per heavy atom. The molecule has 1 saturated carbocycles. The molecule has 2 amide bonds. The molecule has 0 heterocycles. The quantitative estimate of drug-likeness (QED) is 0.743. The topological polar surface area (TPSA) is 41.1 Å². The number of urea groups is 1. The van der Waals surface area contributed by atoms with Crippen molar-refractivity contribution >= 4 is 6.03 Å². The molecule has 0 aromatic heterocycles. The minimum absolute atomic E-state index is 0.0228. The Kier molecular flexibility index (Phi) is 4.84. The summed E-state index contributed by atoms with van der Waals surface area (Å²) in [5.41, 5.74) is 0. The second-order valence-electron chi connectivity index (χ2n) is 4.25. The summed E-state index contributed by atoms with van der Waals surface area (Å²) in [7, 11) is 0. The molecule has 1 aliphatic rings. The Morgan fingerprint density at radius 2 is 2.12 bits per heavy atom. The van der Waals surface area contributed by atoms with Gasteiger partial charge in [-0.15, -0.1) is 6.58 Å². The number of alkyl halides is 3. The van der Waals surface area contributed by atoms with Crippen molar-refractivity contribution in [1.29, 1.82) is 0 Å². The van der Waals surface area contributed by atoms with Crippen LogP contribution >= 0.6 is 0 Å². The summed E-state index contributed by atoms with van der Waals surface area (Å²) in [6.07, 6.45) is -1.40. The number of carbonyl (C=O) groups is 1. The van der Waals surface area contributed by atoms with E-state index >= 15 is 0 Å². The Hall–Kier alpha value is -1.20. The van der Waals surface area contributed by atoms with E-state index in [1.54, 1.807) is 0 Å². The maximum absolute atomic E-state index is 12.5. The van der Waals surface area contributed by atoms with E-state index in [0.29, 0.717) is 19.4 Å². The van der Waals surface area contributed by atoms with Crippen molar-refractivity contribution in [3.63, 3.8) is 0 Å². The molecule has 2 unspecified atom stereocenters. The standard InChI is InChI=1S/C11H17F3N2O/c1-2-6-15-10(17)16-9-5-3-4-8(7-9)11(12,13)14/h2,8-9H,1,3-7H2,(H2,15,16,17). The van der Waals surface area contributed by atoms with Gasteiger partial charge in [0.1, 0.15) is 0 Å². The van der Waals surface area contributed by atoms with E-state index in [9.17, 15) is 18.0 Å². The summed E-state index contributed by atoms with van der Waals surface area (Å²) in [6, 6.07) is -0.821. The molecule has 2 N–H and O–H groups in total. The van der Waals surface area contributed by atoms with Crippen LogP contribution in [0.1, 0.15) is 25.7 Å². The van der Waals surface area contributed by atoms with E-state index in [-0.39, 0.29) is 18.9 Å². The van der Waals surface area contributed by atoms with Gasteiger partial charge >= 0.3 is 12.2 Å². The third-order valence-corrected chi connectivity index (χ3v) is 2.88. The van der Waals surface area contributed by atoms with Gasteiger partial charge in [-0.2, -0.15) is 13.2 Å². The van der Waals surface area contributed by atoms with Crippen molar-refractivity contribution < 1.29 is 18.0 Å². The first-order valence-corrected chi connectivity index (χ1v) is 5.65. The maximum atomic E-state index is 12.5. The van der Waals surface area contributed by atoms with Crippen molar-refractivity contribution in [3.8, 4) is 0 Å². The number of hydrogen-bond donors (Lipinski definition) is 2. The van der Waals surface area contributed by atoms with Gasteiger partial charge in [0.25, 0.3) is 0 Å². The molecular weight excluding hydrogens is 233 g/mol. The van der Waals surface area contributed by atoms with Gasteiger partial charge in [-0.3, -0.25) is 0 Å². The highest BCUT2D eigenvalue weighted by Gasteiger charge is 2.42. The van der Waals surface area contributed by atoms with Gasteiger partial charge in [0.15, 0.2) is 0 Å². The van der Waals surface area contributed by atoms with Gasteiger partial charge in [-0.25, -0.2) is 4.79 Å². The summed E-state index contributed by atoms with van der Waals surface area (Å²) < 4.78 is 37.5. The third kappa shape index (κ3) is 4.66. The summed E-state index contributed by atoms with van der Waals surface area (Å²) in [5.74, 6) is -1.29. The van der Waals surface area contributed by atoms with Crippen LogP contribution in [-0.2, 0) is 0 Å². The molecule has 0 aromatic carbocycles. The summed E-state index contributed by atoms with van der Waals surface area (Å²) in [5, 5.41) is 5.04. The summed E-state index contributed by atoms with van der Waals surface area (Å²) in [6.45, 7) is 3.74. The predicted molar refractivity (Wildman–Crippen MR) is 58.5 cm³/mol. The van der Waals surface area contributed by atoms with E-state index in [1.165, 1.54) is 6.08 Å². The van der Waals surface area contributed by atoms with Crippen LogP contribution in [0, 0.1) is 5.92 Å². The molecule has 98 valence electrons. The zero-order valence-electron chi connectivity index (χ0n) is 9.52. The molecule has 3 nitrogen and oxygen atoms in total. The van der Waals surface area contributed by atoms with Crippen LogP contribution in [0.4, 0.5) is 18.0 Å². The second kappa shape index (κ2) is 5.93. The first kappa shape index (κ1) is 13.9. The third-order valence-electron chi connectivity index (χ3n) is 2.88. The van der Waals surface area contributed by atoms with Gasteiger partial charge in [-0.05, 0) is 19.3 Å². The number of amides is 2. The molecule has 2 atom stereocenters. The highest BCUT2D eigenvalue weighted by Crippen LogP contribution is 2.37. The number of halogens is 3. The molecule has 1 fully saturated rings. The first-order chi connectivity index (χ1) is 7.93. The predicted octanol–water partition coefficient (Wildman–Crippen LogP) is 2.59. The lowest BCUT2D eigenvalue weighted by Gasteiger charge is -2.30. The van der Waals surface area contributed by atoms with E-state index in [4.69, 9.17) is 0 Å². The first-order valence-electron chi connectivity index (χ1n) is 5.65. The lowest BCUT2D eigenvalue weighted by molar-refractivity contribution is -0.183. The largest absolute Gasteiger partial charge is 0.391 e. The van der Waals surface area contributed by atoms with Gasteiger partial charge in [0, 0.05) is 12.6 Å². The SMILES string of the molecule is C=CCNC(=O)NC1CCCC(C(F)(F)F)C1.